The topological polar surface area (TPSA) is 72.2 Å². The number of hydrogen-bond donors (Lipinski definition) is 2. The van der Waals surface area contributed by atoms with E-state index in [9.17, 15) is 8.42 Å². The maximum absolute atomic E-state index is 12.2. The van der Waals surface area contributed by atoms with Crippen LogP contribution in [0.25, 0.3) is 0 Å². The molecule has 4 nitrogen and oxygen atoms in total. The first-order valence-electron chi connectivity index (χ1n) is 5.97. The molecular formula is C12H17ClN2O2S. The molecule has 100 valence electrons. The summed E-state index contributed by atoms with van der Waals surface area (Å²) in [5.74, 6) is 0.431. The van der Waals surface area contributed by atoms with Crippen LogP contribution in [0.1, 0.15) is 26.2 Å². The third-order valence-electron chi connectivity index (χ3n) is 3.46. The fourth-order valence-electron chi connectivity index (χ4n) is 2.09. The van der Waals surface area contributed by atoms with Gasteiger partial charge in [-0.1, -0.05) is 18.0 Å². The van der Waals surface area contributed by atoms with Crippen molar-refractivity contribution < 1.29 is 8.42 Å². The Morgan fingerprint density at radius 2 is 2.11 bits per heavy atom. The van der Waals surface area contributed by atoms with E-state index in [-0.39, 0.29) is 16.6 Å². The summed E-state index contributed by atoms with van der Waals surface area (Å²) in [6.07, 6.45) is 3.33. The molecule has 1 unspecified atom stereocenters. The lowest BCUT2D eigenvalue weighted by Gasteiger charge is -2.31. The van der Waals surface area contributed by atoms with Crippen molar-refractivity contribution >= 4 is 27.3 Å². The summed E-state index contributed by atoms with van der Waals surface area (Å²) in [6, 6.07) is 4.39. The quantitative estimate of drug-likeness (QED) is 0.836. The first-order chi connectivity index (χ1) is 8.40. The van der Waals surface area contributed by atoms with E-state index in [0.29, 0.717) is 10.9 Å². The zero-order chi connectivity index (χ0) is 13.3. The van der Waals surface area contributed by atoms with Crippen LogP contribution in [0, 0.1) is 5.92 Å². The molecule has 0 bridgehead atoms. The van der Waals surface area contributed by atoms with E-state index in [2.05, 4.69) is 4.72 Å². The summed E-state index contributed by atoms with van der Waals surface area (Å²) >= 11 is 5.81. The number of anilines is 1. The van der Waals surface area contributed by atoms with E-state index in [0.717, 1.165) is 12.8 Å². The molecule has 0 aromatic heterocycles. The van der Waals surface area contributed by atoms with Gasteiger partial charge in [0.2, 0.25) is 10.0 Å². The van der Waals surface area contributed by atoms with Crippen LogP contribution in [0.3, 0.4) is 0 Å². The summed E-state index contributed by atoms with van der Waals surface area (Å²) in [5, 5.41) is 0.362. The molecule has 1 aromatic carbocycles. The fourth-order valence-corrected chi connectivity index (χ4v) is 3.79. The fraction of sp³-hybridized carbons (Fsp3) is 0.500. The molecule has 0 radical (unpaired) electrons. The van der Waals surface area contributed by atoms with Gasteiger partial charge in [0.15, 0.2) is 0 Å². The number of rotatable bonds is 4. The summed E-state index contributed by atoms with van der Waals surface area (Å²) in [5.41, 5.74) is 5.91. The van der Waals surface area contributed by atoms with E-state index in [4.69, 9.17) is 17.3 Å². The Morgan fingerprint density at radius 1 is 1.44 bits per heavy atom. The van der Waals surface area contributed by atoms with E-state index in [1.165, 1.54) is 18.6 Å². The van der Waals surface area contributed by atoms with Crippen molar-refractivity contribution in [1.29, 1.82) is 0 Å². The smallest absolute Gasteiger partial charge is 0.242 e. The number of nitrogens with two attached hydrogens (primary N) is 1. The minimum absolute atomic E-state index is 0.0566. The Labute approximate surface area is 113 Å². The second-order valence-corrected chi connectivity index (χ2v) is 6.90. The monoisotopic (exact) mass is 288 g/mol. The minimum Gasteiger partial charge on any atom is -0.398 e. The maximum Gasteiger partial charge on any atom is 0.242 e. The van der Waals surface area contributed by atoms with Crippen molar-refractivity contribution in [2.75, 3.05) is 5.73 Å². The van der Waals surface area contributed by atoms with Crippen LogP contribution in [-0.4, -0.2) is 14.5 Å². The van der Waals surface area contributed by atoms with Gasteiger partial charge in [0.05, 0.1) is 5.69 Å². The van der Waals surface area contributed by atoms with Crippen molar-refractivity contribution in [1.82, 2.24) is 4.72 Å². The summed E-state index contributed by atoms with van der Waals surface area (Å²) < 4.78 is 27.1. The highest BCUT2D eigenvalue weighted by atomic mass is 35.5. The van der Waals surface area contributed by atoms with Gasteiger partial charge in [0, 0.05) is 11.1 Å². The van der Waals surface area contributed by atoms with Crippen LogP contribution in [-0.2, 0) is 10.0 Å². The molecule has 1 aliphatic carbocycles. The van der Waals surface area contributed by atoms with Crippen molar-refractivity contribution in [2.45, 2.75) is 37.1 Å². The molecule has 2 rings (SSSR count). The molecule has 18 heavy (non-hydrogen) atoms. The third-order valence-corrected chi connectivity index (χ3v) is 5.31. The molecule has 0 aliphatic heterocycles. The molecule has 1 aliphatic rings. The summed E-state index contributed by atoms with van der Waals surface area (Å²) in [4.78, 5) is 0.0566. The molecule has 0 spiro atoms. The molecule has 1 atom stereocenters. The van der Waals surface area contributed by atoms with Gasteiger partial charge in [0.25, 0.3) is 0 Å². The number of nitrogens with one attached hydrogen (secondary N) is 1. The second-order valence-electron chi connectivity index (χ2n) is 4.78. The van der Waals surface area contributed by atoms with Gasteiger partial charge >= 0.3 is 0 Å². The average molecular weight is 289 g/mol. The molecule has 0 heterocycles. The minimum atomic E-state index is -3.59. The molecule has 6 heteroatoms. The molecular weight excluding hydrogens is 272 g/mol. The average Bonchev–Trinajstić information content (AvgIpc) is 2.17. The Hall–Kier alpha value is -0.780. The van der Waals surface area contributed by atoms with E-state index in [1.807, 2.05) is 6.92 Å². The highest BCUT2D eigenvalue weighted by Gasteiger charge is 2.28. The van der Waals surface area contributed by atoms with Crippen molar-refractivity contribution in [2.24, 2.45) is 5.92 Å². The van der Waals surface area contributed by atoms with Crippen LogP contribution in [0.4, 0.5) is 5.69 Å². The van der Waals surface area contributed by atoms with Crippen LogP contribution in [0.5, 0.6) is 0 Å². The normalized spacial score (nSPS) is 18.3. The lowest BCUT2D eigenvalue weighted by molar-refractivity contribution is 0.260. The van der Waals surface area contributed by atoms with Crippen molar-refractivity contribution in [3.05, 3.63) is 23.2 Å². The van der Waals surface area contributed by atoms with Gasteiger partial charge in [-0.05, 0) is 43.9 Å². The molecule has 0 amide bonds. The molecule has 1 aromatic rings. The second kappa shape index (κ2) is 5.07. The number of sulfonamides is 1. The third kappa shape index (κ3) is 2.79. The van der Waals surface area contributed by atoms with E-state index < -0.39 is 10.0 Å². The van der Waals surface area contributed by atoms with Gasteiger partial charge in [-0.2, -0.15) is 0 Å². The van der Waals surface area contributed by atoms with Gasteiger partial charge in [-0.15, -0.1) is 0 Å². The maximum atomic E-state index is 12.2. The summed E-state index contributed by atoms with van der Waals surface area (Å²) in [6.45, 7) is 1.89. The molecule has 3 N–H and O–H groups in total. The van der Waals surface area contributed by atoms with Crippen LogP contribution < -0.4 is 10.5 Å². The van der Waals surface area contributed by atoms with Gasteiger partial charge in [0.1, 0.15) is 4.90 Å². The number of benzene rings is 1. The van der Waals surface area contributed by atoms with Crippen LogP contribution >= 0.6 is 11.6 Å². The largest absolute Gasteiger partial charge is 0.398 e. The first-order valence-corrected chi connectivity index (χ1v) is 7.83. The van der Waals surface area contributed by atoms with Gasteiger partial charge in [-0.25, -0.2) is 13.1 Å². The number of nitrogen functional groups attached to an aromatic ring is 1. The molecule has 1 fully saturated rings. The number of hydrogen-bond acceptors (Lipinski definition) is 3. The Kier molecular flexibility index (Phi) is 3.84. The Balaban J connectivity index is 2.21. The van der Waals surface area contributed by atoms with E-state index in [1.54, 1.807) is 6.07 Å². The van der Waals surface area contributed by atoms with Crippen molar-refractivity contribution in [3.8, 4) is 0 Å². The highest BCUT2D eigenvalue weighted by Crippen LogP contribution is 2.30. The highest BCUT2D eigenvalue weighted by molar-refractivity contribution is 7.89. The molecule has 1 saturated carbocycles. The SMILES string of the molecule is CC(NS(=O)(=O)c1cc(Cl)ccc1N)C1CCC1. The van der Waals surface area contributed by atoms with Gasteiger partial charge in [-0.3, -0.25) is 0 Å². The van der Waals surface area contributed by atoms with Crippen molar-refractivity contribution in [3.63, 3.8) is 0 Å². The first kappa shape index (κ1) is 13.6. The zero-order valence-corrected chi connectivity index (χ0v) is 11.8. The predicted molar refractivity (Wildman–Crippen MR) is 73.0 cm³/mol. The Bertz CT molecular complexity index is 541. The van der Waals surface area contributed by atoms with E-state index >= 15 is 0 Å². The Morgan fingerprint density at radius 3 is 2.67 bits per heavy atom. The number of halogens is 1. The standard InChI is InChI=1S/C12H17ClN2O2S/c1-8(9-3-2-4-9)15-18(16,17)12-7-10(13)5-6-11(12)14/h5-9,15H,2-4,14H2,1H3. The van der Waals surface area contributed by atoms with Crippen LogP contribution in [0.2, 0.25) is 5.02 Å². The predicted octanol–water partition coefficient (Wildman–Crippen LogP) is 2.39. The summed E-state index contributed by atoms with van der Waals surface area (Å²) in [7, 11) is -3.59. The van der Waals surface area contributed by atoms with Crippen LogP contribution in [0.15, 0.2) is 23.1 Å². The van der Waals surface area contributed by atoms with Gasteiger partial charge < -0.3 is 5.73 Å². The lowest BCUT2D eigenvalue weighted by Crippen LogP contribution is -2.40. The lowest BCUT2D eigenvalue weighted by atomic mass is 9.81. The zero-order valence-electron chi connectivity index (χ0n) is 10.2. The molecule has 0 saturated heterocycles.